The normalized spacial score (nSPS) is 14.6. The largest absolute Gasteiger partial charge is 0.493 e. The number of guanidine groups is 1. The van der Waals surface area contributed by atoms with Gasteiger partial charge >= 0.3 is 0 Å². The van der Waals surface area contributed by atoms with Crippen molar-refractivity contribution in [1.82, 2.24) is 10.6 Å². The maximum absolute atomic E-state index is 5.91. The number of nitrogens with zero attached hydrogens (tertiary/aromatic N) is 1. The number of ether oxygens (including phenoxy) is 1. The van der Waals surface area contributed by atoms with Gasteiger partial charge in [-0.3, -0.25) is 4.99 Å². The minimum absolute atomic E-state index is 0. The van der Waals surface area contributed by atoms with Crippen molar-refractivity contribution in [2.75, 3.05) is 13.7 Å². The zero-order valence-electron chi connectivity index (χ0n) is 13.1. The molecule has 0 aromatic heterocycles. The van der Waals surface area contributed by atoms with Crippen LogP contribution in [-0.2, 0) is 6.54 Å². The summed E-state index contributed by atoms with van der Waals surface area (Å²) >= 11 is 0. The number of nitrogens with one attached hydrogen (secondary N) is 2. The molecule has 0 bridgehead atoms. The second kappa shape index (κ2) is 9.12. The van der Waals surface area contributed by atoms with Gasteiger partial charge in [0.25, 0.3) is 0 Å². The van der Waals surface area contributed by atoms with E-state index in [2.05, 4.69) is 35.5 Å². The number of aliphatic imine (C=N–C) groups is 1. The molecule has 1 fully saturated rings. The molecule has 0 saturated heterocycles. The van der Waals surface area contributed by atoms with Gasteiger partial charge in [-0.25, -0.2) is 0 Å². The Morgan fingerprint density at radius 3 is 2.67 bits per heavy atom. The summed E-state index contributed by atoms with van der Waals surface area (Å²) in [5.74, 6) is 2.57. The van der Waals surface area contributed by atoms with Gasteiger partial charge in [0.05, 0.1) is 6.61 Å². The molecule has 1 aliphatic carbocycles. The molecule has 0 unspecified atom stereocenters. The highest BCUT2D eigenvalue weighted by atomic mass is 127. The van der Waals surface area contributed by atoms with Gasteiger partial charge in [0.1, 0.15) is 5.75 Å². The molecule has 1 saturated carbocycles. The number of para-hydroxylation sites is 1. The molecule has 0 aliphatic heterocycles. The maximum Gasteiger partial charge on any atom is 0.191 e. The van der Waals surface area contributed by atoms with E-state index in [1.165, 1.54) is 18.4 Å². The van der Waals surface area contributed by atoms with Crippen LogP contribution in [-0.4, -0.2) is 25.7 Å². The van der Waals surface area contributed by atoms with Crippen molar-refractivity contribution in [3.63, 3.8) is 0 Å². The Balaban J connectivity index is 0.00000220. The van der Waals surface area contributed by atoms with Crippen LogP contribution in [0, 0.1) is 5.92 Å². The highest BCUT2D eigenvalue weighted by molar-refractivity contribution is 14.0. The summed E-state index contributed by atoms with van der Waals surface area (Å²) in [6, 6.07) is 8.56. The van der Waals surface area contributed by atoms with Crippen molar-refractivity contribution in [3.05, 3.63) is 29.8 Å². The first kappa shape index (κ1) is 18.1. The molecule has 0 atom stereocenters. The lowest BCUT2D eigenvalue weighted by Gasteiger charge is -2.16. The Kier molecular flexibility index (Phi) is 7.85. The van der Waals surface area contributed by atoms with Crippen molar-refractivity contribution >= 4 is 29.9 Å². The van der Waals surface area contributed by atoms with E-state index in [1.807, 2.05) is 18.2 Å². The molecule has 21 heavy (non-hydrogen) atoms. The van der Waals surface area contributed by atoms with Gasteiger partial charge in [-0.05, 0) is 38.7 Å². The van der Waals surface area contributed by atoms with Crippen LogP contribution in [0.5, 0.6) is 5.75 Å². The topological polar surface area (TPSA) is 45.7 Å². The SMILES string of the molecule is CN=C(NCc1ccccc1OCC1CC1)NC(C)C.I. The molecule has 4 nitrogen and oxygen atoms in total. The lowest BCUT2D eigenvalue weighted by Crippen LogP contribution is -2.40. The monoisotopic (exact) mass is 403 g/mol. The fourth-order valence-corrected chi connectivity index (χ4v) is 1.93. The van der Waals surface area contributed by atoms with Crippen LogP contribution in [0.3, 0.4) is 0 Å². The lowest BCUT2D eigenvalue weighted by atomic mass is 10.2. The average molecular weight is 403 g/mol. The third-order valence-corrected chi connectivity index (χ3v) is 3.24. The molecule has 2 N–H and O–H groups in total. The van der Waals surface area contributed by atoms with Gasteiger partial charge in [0.15, 0.2) is 5.96 Å². The van der Waals surface area contributed by atoms with E-state index < -0.39 is 0 Å². The van der Waals surface area contributed by atoms with Crippen LogP contribution in [0.1, 0.15) is 32.3 Å². The minimum atomic E-state index is 0. The van der Waals surface area contributed by atoms with Gasteiger partial charge < -0.3 is 15.4 Å². The molecule has 1 aliphatic rings. The molecule has 118 valence electrons. The van der Waals surface area contributed by atoms with Crippen molar-refractivity contribution in [1.29, 1.82) is 0 Å². The van der Waals surface area contributed by atoms with E-state index in [1.54, 1.807) is 7.05 Å². The van der Waals surface area contributed by atoms with Crippen LogP contribution in [0.4, 0.5) is 0 Å². The minimum Gasteiger partial charge on any atom is -0.493 e. The summed E-state index contributed by atoms with van der Waals surface area (Å²) in [5, 5.41) is 6.60. The van der Waals surface area contributed by atoms with Crippen LogP contribution >= 0.6 is 24.0 Å². The summed E-state index contributed by atoms with van der Waals surface area (Å²) < 4.78 is 5.91. The first-order valence-electron chi connectivity index (χ1n) is 7.37. The highest BCUT2D eigenvalue weighted by Crippen LogP contribution is 2.30. The summed E-state index contributed by atoms with van der Waals surface area (Å²) in [5.41, 5.74) is 1.17. The van der Waals surface area contributed by atoms with Gasteiger partial charge in [-0.2, -0.15) is 0 Å². The van der Waals surface area contributed by atoms with Gasteiger partial charge in [0, 0.05) is 25.2 Å². The summed E-state index contributed by atoms with van der Waals surface area (Å²) in [6.45, 7) is 5.75. The predicted octanol–water partition coefficient (Wildman–Crippen LogP) is 3.17. The Labute approximate surface area is 144 Å². The Hall–Kier alpha value is -0.980. The molecular formula is C16H26IN3O. The predicted molar refractivity (Wildman–Crippen MR) is 98.5 cm³/mol. The Morgan fingerprint density at radius 2 is 2.05 bits per heavy atom. The van der Waals surface area contributed by atoms with E-state index in [9.17, 15) is 0 Å². The van der Waals surface area contributed by atoms with E-state index in [0.29, 0.717) is 12.6 Å². The summed E-state index contributed by atoms with van der Waals surface area (Å²) in [6.07, 6.45) is 2.62. The molecule has 0 amide bonds. The number of hydrogen-bond acceptors (Lipinski definition) is 2. The Morgan fingerprint density at radius 1 is 1.33 bits per heavy atom. The van der Waals surface area contributed by atoms with Crippen molar-refractivity contribution in [3.8, 4) is 5.75 Å². The van der Waals surface area contributed by atoms with Gasteiger partial charge in [0.2, 0.25) is 0 Å². The molecular weight excluding hydrogens is 377 g/mol. The third kappa shape index (κ3) is 6.54. The third-order valence-electron chi connectivity index (χ3n) is 3.24. The van der Waals surface area contributed by atoms with Crippen LogP contribution in [0.15, 0.2) is 29.3 Å². The molecule has 1 aromatic rings. The van der Waals surface area contributed by atoms with Crippen molar-refractivity contribution in [2.45, 2.75) is 39.3 Å². The van der Waals surface area contributed by atoms with Gasteiger partial charge in [-0.1, -0.05) is 18.2 Å². The molecule has 2 rings (SSSR count). The zero-order chi connectivity index (χ0) is 14.4. The van der Waals surface area contributed by atoms with Crippen molar-refractivity contribution < 1.29 is 4.74 Å². The van der Waals surface area contributed by atoms with E-state index >= 15 is 0 Å². The number of rotatable bonds is 6. The summed E-state index contributed by atoms with van der Waals surface area (Å²) in [7, 11) is 1.78. The molecule has 0 spiro atoms. The fourth-order valence-electron chi connectivity index (χ4n) is 1.93. The average Bonchev–Trinajstić information content (AvgIpc) is 3.26. The van der Waals surface area contributed by atoms with Gasteiger partial charge in [-0.15, -0.1) is 24.0 Å². The first-order chi connectivity index (χ1) is 9.69. The molecule has 5 heteroatoms. The second-order valence-corrected chi connectivity index (χ2v) is 5.59. The van der Waals surface area contributed by atoms with Crippen LogP contribution in [0.2, 0.25) is 0 Å². The quantitative estimate of drug-likeness (QED) is 0.436. The first-order valence-corrected chi connectivity index (χ1v) is 7.37. The fraction of sp³-hybridized carbons (Fsp3) is 0.562. The Bertz CT molecular complexity index is 459. The van der Waals surface area contributed by atoms with E-state index in [4.69, 9.17) is 4.74 Å². The second-order valence-electron chi connectivity index (χ2n) is 5.59. The standard InChI is InChI=1S/C16H25N3O.HI/c1-12(2)19-16(17-3)18-10-14-6-4-5-7-15(14)20-11-13-8-9-13;/h4-7,12-13H,8-11H2,1-3H3,(H2,17,18,19);1H. The number of hydrogen-bond donors (Lipinski definition) is 2. The van der Waals surface area contributed by atoms with Crippen molar-refractivity contribution in [2.24, 2.45) is 10.9 Å². The smallest absolute Gasteiger partial charge is 0.191 e. The summed E-state index contributed by atoms with van der Waals surface area (Å²) in [4.78, 5) is 4.21. The zero-order valence-corrected chi connectivity index (χ0v) is 15.4. The molecule has 0 radical (unpaired) electrons. The van der Waals surface area contributed by atoms with Crippen LogP contribution in [0.25, 0.3) is 0 Å². The number of benzene rings is 1. The van der Waals surface area contributed by atoms with E-state index in [0.717, 1.165) is 24.2 Å². The van der Waals surface area contributed by atoms with E-state index in [-0.39, 0.29) is 24.0 Å². The maximum atomic E-state index is 5.91. The molecule has 1 aromatic carbocycles. The van der Waals surface area contributed by atoms with Crippen LogP contribution < -0.4 is 15.4 Å². The molecule has 0 heterocycles. The number of halogens is 1. The lowest BCUT2D eigenvalue weighted by molar-refractivity contribution is 0.296. The highest BCUT2D eigenvalue weighted by Gasteiger charge is 2.22.